The maximum atomic E-state index is 9.26. The maximum absolute atomic E-state index is 9.26. The van der Waals surface area contributed by atoms with Gasteiger partial charge in [-0.25, -0.2) is 0 Å². The molecule has 3 rings (SSSR count). The van der Waals surface area contributed by atoms with Crippen molar-refractivity contribution < 1.29 is 9.47 Å². The lowest BCUT2D eigenvalue weighted by Crippen LogP contribution is -2.44. The van der Waals surface area contributed by atoms with E-state index < -0.39 is 5.72 Å². The molecule has 1 aromatic carbocycles. The van der Waals surface area contributed by atoms with Crippen molar-refractivity contribution in [2.24, 2.45) is 5.73 Å². The number of nitrogens with zero attached hydrogens (tertiary/aromatic N) is 1. The van der Waals surface area contributed by atoms with E-state index in [9.17, 15) is 5.26 Å². The highest BCUT2D eigenvalue weighted by Crippen LogP contribution is 2.44. The van der Waals surface area contributed by atoms with Crippen molar-refractivity contribution >= 4 is 17.3 Å². The summed E-state index contributed by atoms with van der Waals surface area (Å²) in [6.07, 6.45) is 1.68. The summed E-state index contributed by atoms with van der Waals surface area (Å²) < 4.78 is 11.1. The first kappa shape index (κ1) is 11.8. The first-order valence-corrected chi connectivity index (χ1v) is 5.96. The number of nitrogens with one attached hydrogen (secondary N) is 1. The Labute approximate surface area is 114 Å². The molecule has 1 atom stereocenters. The number of ether oxygens (including phenoxy) is 2. The van der Waals surface area contributed by atoms with Gasteiger partial charge in [0, 0.05) is 11.1 Å². The topological polar surface area (TPSA) is 80.3 Å². The molecule has 1 spiro atoms. The number of benzene rings is 1. The van der Waals surface area contributed by atoms with Crippen LogP contribution >= 0.6 is 11.6 Å². The van der Waals surface area contributed by atoms with Gasteiger partial charge in [-0.2, -0.15) is 5.26 Å². The van der Waals surface area contributed by atoms with Gasteiger partial charge in [-0.1, -0.05) is 11.6 Å². The molecule has 6 heteroatoms. The summed E-state index contributed by atoms with van der Waals surface area (Å²) in [5.41, 5.74) is 5.52. The largest absolute Gasteiger partial charge is 0.457 e. The second kappa shape index (κ2) is 3.84. The van der Waals surface area contributed by atoms with Crippen molar-refractivity contribution in [3.05, 3.63) is 46.5 Å². The molecule has 2 aliphatic heterocycles. The Morgan fingerprint density at radius 3 is 3.00 bits per heavy atom. The lowest BCUT2D eigenvalue weighted by atomic mass is 10.0. The zero-order chi connectivity index (χ0) is 13.6. The van der Waals surface area contributed by atoms with Gasteiger partial charge in [0.25, 0.3) is 0 Å². The van der Waals surface area contributed by atoms with E-state index in [0.29, 0.717) is 22.2 Å². The van der Waals surface area contributed by atoms with Gasteiger partial charge in [-0.3, -0.25) is 0 Å². The van der Waals surface area contributed by atoms with Crippen LogP contribution in [0.2, 0.25) is 5.02 Å². The van der Waals surface area contributed by atoms with E-state index in [0.717, 1.165) is 0 Å². The molecule has 2 heterocycles. The fraction of sp³-hybridized carbons (Fsp3) is 0.154. The molecule has 19 heavy (non-hydrogen) atoms. The van der Waals surface area contributed by atoms with E-state index in [4.69, 9.17) is 26.8 Å². The van der Waals surface area contributed by atoms with E-state index in [1.807, 2.05) is 6.07 Å². The third kappa shape index (κ3) is 1.69. The predicted molar refractivity (Wildman–Crippen MR) is 70.1 cm³/mol. The summed E-state index contributed by atoms with van der Waals surface area (Å²) in [6.45, 7) is 1.74. The first-order valence-electron chi connectivity index (χ1n) is 5.58. The number of nitriles is 1. The first-order chi connectivity index (χ1) is 9.04. The number of fused-ring (bicyclic) bond motifs is 1. The highest BCUT2D eigenvalue weighted by Gasteiger charge is 2.45. The van der Waals surface area contributed by atoms with Crippen LogP contribution in [0.5, 0.6) is 5.75 Å². The molecule has 96 valence electrons. The van der Waals surface area contributed by atoms with Gasteiger partial charge >= 0.3 is 0 Å². The van der Waals surface area contributed by atoms with Gasteiger partial charge in [0.1, 0.15) is 17.6 Å². The average Bonchev–Trinajstić information content (AvgIpc) is 2.65. The highest BCUT2D eigenvalue weighted by atomic mass is 35.5. The molecule has 0 aromatic heterocycles. The van der Waals surface area contributed by atoms with Crippen molar-refractivity contribution in [2.45, 2.75) is 12.6 Å². The summed E-state index contributed by atoms with van der Waals surface area (Å²) in [5, 5.41) is 13.0. The third-order valence-corrected chi connectivity index (χ3v) is 3.18. The smallest absolute Gasteiger partial charge is 0.245 e. The predicted octanol–water partition coefficient (Wildman–Crippen LogP) is 2.47. The normalized spacial score (nSPS) is 23.9. The molecule has 1 unspecified atom stereocenters. The van der Waals surface area contributed by atoms with Crippen LogP contribution in [0.4, 0.5) is 5.69 Å². The Kier molecular flexibility index (Phi) is 2.37. The minimum Gasteiger partial charge on any atom is -0.457 e. The minimum absolute atomic E-state index is 0.0360. The molecule has 0 saturated heterocycles. The van der Waals surface area contributed by atoms with Crippen molar-refractivity contribution in [3.63, 3.8) is 0 Å². The second-order valence-corrected chi connectivity index (χ2v) is 4.75. The summed E-state index contributed by atoms with van der Waals surface area (Å²) in [6, 6.07) is 7.21. The Bertz CT molecular complexity index is 675. The van der Waals surface area contributed by atoms with Crippen LogP contribution in [0, 0.1) is 11.3 Å². The maximum Gasteiger partial charge on any atom is 0.245 e. The van der Waals surface area contributed by atoms with Crippen molar-refractivity contribution in [3.8, 4) is 11.8 Å². The minimum atomic E-state index is -1.12. The molecule has 0 saturated carbocycles. The summed E-state index contributed by atoms with van der Waals surface area (Å²) in [7, 11) is 0. The molecule has 5 nitrogen and oxygen atoms in total. The van der Waals surface area contributed by atoms with E-state index in [1.165, 1.54) is 0 Å². The van der Waals surface area contributed by atoms with Gasteiger partial charge in [0.2, 0.25) is 11.6 Å². The third-order valence-electron chi connectivity index (χ3n) is 2.94. The summed E-state index contributed by atoms with van der Waals surface area (Å²) >= 11 is 5.94. The van der Waals surface area contributed by atoms with Crippen LogP contribution < -0.4 is 15.8 Å². The Morgan fingerprint density at radius 1 is 1.47 bits per heavy atom. The fourth-order valence-corrected chi connectivity index (χ4v) is 2.37. The van der Waals surface area contributed by atoms with E-state index in [-0.39, 0.29) is 11.5 Å². The number of hydrogen-bond donors (Lipinski definition) is 2. The monoisotopic (exact) mass is 275 g/mol. The summed E-state index contributed by atoms with van der Waals surface area (Å²) in [5.74, 6) is 1.20. The molecule has 0 amide bonds. The lowest BCUT2D eigenvalue weighted by Gasteiger charge is -2.30. The van der Waals surface area contributed by atoms with Crippen molar-refractivity contribution in [1.29, 1.82) is 5.26 Å². The molecule has 3 N–H and O–H groups in total. The number of rotatable bonds is 0. The van der Waals surface area contributed by atoms with Gasteiger partial charge in [-0.15, -0.1) is 0 Å². The number of allylic oxidation sites excluding steroid dienone is 1. The van der Waals surface area contributed by atoms with Crippen LogP contribution in [-0.4, -0.2) is 5.72 Å². The quantitative estimate of drug-likeness (QED) is 0.760. The second-order valence-electron chi connectivity index (χ2n) is 4.31. The zero-order valence-electron chi connectivity index (χ0n) is 10.0. The van der Waals surface area contributed by atoms with Gasteiger partial charge in [-0.05, 0) is 25.1 Å². The van der Waals surface area contributed by atoms with Crippen LogP contribution in [0.25, 0.3) is 0 Å². The molecule has 1 aromatic rings. The van der Waals surface area contributed by atoms with Crippen LogP contribution in [0.3, 0.4) is 0 Å². The lowest BCUT2D eigenvalue weighted by molar-refractivity contribution is 0.175. The Balaban J connectivity index is 2.12. The Morgan fingerprint density at radius 2 is 2.26 bits per heavy atom. The summed E-state index contributed by atoms with van der Waals surface area (Å²) in [4.78, 5) is 0. The molecule has 0 bridgehead atoms. The number of anilines is 1. The van der Waals surface area contributed by atoms with Crippen LogP contribution in [0.15, 0.2) is 41.5 Å². The Hall–Kier alpha value is -2.32. The van der Waals surface area contributed by atoms with E-state index >= 15 is 0 Å². The molecular formula is C13H10ClN3O2. The van der Waals surface area contributed by atoms with Crippen LogP contribution in [0.1, 0.15) is 6.92 Å². The molecule has 0 aliphatic carbocycles. The molecular weight excluding hydrogens is 266 g/mol. The zero-order valence-corrected chi connectivity index (χ0v) is 10.8. The van der Waals surface area contributed by atoms with Gasteiger partial charge < -0.3 is 20.5 Å². The average molecular weight is 276 g/mol. The van der Waals surface area contributed by atoms with Crippen LogP contribution in [-0.2, 0) is 4.74 Å². The molecule has 0 radical (unpaired) electrons. The molecule has 2 aliphatic rings. The number of halogens is 1. The molecule has 0 fully saturated rings. The number of hydrogen-bond acceptors (Lipinski definition) is 5. The highest BCUT2D eigenvalue weighted by molar-refractivity contribution is 6.31. The van der Waals surface area contributed by atoms with E-state index in [2.05, 4.69) is 5.32 Å². The van der Waals surface area contributed by atoms with Gasteiger partial charge in [0.05, 0.1) is 5.69 Å². The number of nitrogens with two attached hydrogens (primary N) is 1. The SMILES string of the molecule is CC1=CC2(Nc3cc(Cl)ccc3O2)C(C#N)=C(N)O1. The standard InChI is InChI=1S/C13H10ClN3O2/c1-7-5-13(9(6-15)12(16)18-7)17-10-4-8(14)2-3-11(10)19-13/h2-5,17H,16H2,1H3. The van der Waals surface area contributed by atoms with Gasteiger partial charge in [0.15, 0.2) is 5.57 Å². The van der Waals surface area contributed by atoms with E-state index in [1.54, 1.807) is 31.2 Å². The van der Waals surface area contributed by atoms with Crippen molar-refractivity contribution in [2.75, 3.05) is 5.32 Å². The fourth-order valence-electron chi connectivity index (χ4n) is 2.20. The van der Waals surface area contributed by atoms with Crippen molar-refractivity contribution in [1.82, 2.24) is 0 Å².